The van der Waals surface area contributed by atoms with E-state index in [2.05, 4.69) is 313 Å². The van der Waals surface area contributed by atoms with Crippen molar-refractivity contribution in [1.29, 1.82) is 5.26 Å². The van der Waals surface area contributed by atoms with Gasteiger partial charge in [-0.05, 0) is 157 Å². The van der Waals surface area contributed by atoms with Crippen LogP contribution in [0.2, 0.25) is 0 Å². The summed E-state index contributed by atoms with van der Waals surface area (Å²) in [6.45, 7) is 41.5. The van der Waals surface area contributed by atoms with E-state index in [0.717, 1.165) is 88.4 Å². The molecule has 0 saturated heterocycles. The van der Waals surface area contributed by atoms with Crippen LogP contribution in [-0.4, -0.2) is 18.3 Å². The summed E-state index contributed by atoms with van der Waals surface area (Å²) in [4.78, 5) is 0. The van der Waals surface area contributed by atoms with Gasteiger partial charge in [-0.2, -0.15) is 5.26 Å². The van der Waals surface area contributed by atoms with Crippen molar-refractivity contribution in [2.45, 2.75) is 157 Å². The largest absolute Gasteiger partial charge is 0.307 e. The Balaban J connectivity index is 1.38. The van der Waals surface area contributed by atoms with E-state index < -0.39 is 0 Å². The van der Waals surface area contributed by atoms with Crippen LogP contribution in [0.25, 0.3) is 110 Å². The normalized spacial score (nSPS) is 13.3. The number of aromatic nitrogens is 4. The van der Waals surface area contributed by atoms with E-state index in [0.29, 0.717) is 5.56 Å². The summed E-state index contributed by atoms with van der Waals surface area (Å²) >= 11 is 0. The maximum Gasteiger partial charge on any atom is 0.104 e. The standard InChI is InChI=1S/C79H81N5/c1-74(2,3)47-28-34-63-55(40-47)56-41-48(75(4,5)6)29-35-64(56)82(63)70-61(46-80)71(83-65-36-30-49(76(7,8)9)42-57(65)58-43-50(77(10,11)12)31-37-66(58)83)73(72-69(70)54-26-22-23-27-62(54)81(72)53-24-20-19-21-25-53)84-67-38-32-51(78(13,14)15)44-59(67)60-45-52(79(16,17)18)33-39-68(60)84/h19-45H,1-18H3. The minimum atomic E-state index is -0.118. The summed E-state index contributed by atoms with van der Waals surface area (Å²) in [5.74, 6) is 0. The predicted octanol–water partition coefficient (Wildman–Crippen LogP) is 21.7. The molecule has 0 unspecified atom stereocenters. The lowest BCUT2D eigenvalue weighted by atomic mass is 9.85. The minimum Gasteiger partial charge on any atom is -0.307 e. The van der Waals surface area contributed by atoms with Gasteiger partial charge < -0.3 is 18.3 Å². The first-order valence-corrected chi connectivity index (χ1v) is 30.3. The number of hydrogen-bond acceptors (Lipinski definition) is 1. The summed E-state index contributed by atoms with van der Waals surface area (Å²) in [5, 5.41) is 22.2. The van der Waals surface area contributed by atoms with Gasteiger partial charge in [0.1, 0.15) is 11.6 Å². The van der Waals surface area contributed by atoms with Crippen LogP contribution in [0, 0.1) is 11.3 Å². The van der Waals surface area contributed by atoms with E-state index >= 15 is 0 Å². The SMILES string of the molecule is CC(C)(C)c1ccc2c(c1)c1cc(C(C)(C)C)ccc1n2-c1c(C#N)c(-n2c3ccc(C(C)(C)C)cc3c3cc(C(C)(C)C)ccc32)c2c3ccccc3n(-c3ccccc3)c2c1-n1c2ccc(C(C)(C)C)cc2c2cc(C(C)(C)C)ccc21. The van der Waals surface area contributed by atoms with Crippen LogP contribution in [0.4, 0.5) is 0 Å². The molecule has 0 aliphatic rings. The van der Waals surface area contributed by atoms with Gasteiger partial charge in [0.25, 0.3) is 0 Å². The van der Waals surface area contributed by atoms with Crippen molar-refractivity contribution >= 4 is 87.2 Å². The zero-order valence-electron chi connectivity index (χ0n) is 52.8. The second kappa shape index (κ2) is 18.3. The molecule has 0 bridgehead atoms. The van der Waals surface area contributed by atoms with Gasteiger partial charge in [0, 0.05) is 48.8 Å². The quantitative estimate of drug-likeness (QED) is 0.173. The molecule has 0 amide bonds. The van der Waals surface area contributed by atoms with Crippen LogP contribution in [-0.2, 0) is 32.5 Å². The predicted molar refractivity (Wildman–Crippen MR) is 361 cm³/mol. The number of fused-ring (bicyclic) bond motifs is 12. The fourth-order valence-electron chi connectivity index (χ4n) is 13.4. The van der Waals surface area contributed by atoms with Crippen LogP contribution in [0.5, 0.6) is 0 Å². The molecule has 13 rings (SSSR count). The molecule has 5 heteroatoms. The average molecular weight is 1100 g/mol. The van der Waals surface area contributed by atoms with Crippen LogP contribution in [0.3, 0.4) is 0 Å². The minimum absolute atomic E-state index is 0.104. The first kappa shape index (κ1) is 54.9. The second-order valence-corrected chi connectivity index (χ2v) is 30.3. The fraction of sp³-hybridized carbons (Fsp3) is 0.304. The lowest BCUT2D eigenvalue weighted by Crippen LogP contribution is -2.14. The first-order valence-electron chi connectivity index (χ1n) is 30.3. The van der Waals surface area contributed by atoms with Gasteiger partial charge in [-0.25, -0.2) is 0 Å². The summed E-state index contributed by atoms with van der Waals surface area (Å²) in [6.07, 6.45) is 0. The van der Waals surface area contributed by atoms with E-state index in [4.69, 9.17) is 0 Å². The Hall–Kier alpha value is -8.33. The van der Waals surface area contributed by atoms with Crippen molar-refractivity contribution < 1.29 is 0 Å². The summed E-state index contributed by atoms with van der Waals surface area (Å²) < 4.78 is 10.0. The molecule has 0 spiro atoms. The van der Waals surface area contributed by atoms with Gasteiger partial charge in [-0.15, -0.1) is 0 Å². The number of hydrogen-bond donors (Lipinski definition) is 0. The molecule has 13 aromatic rings. The fourth-order valence-corrected chi connectivity index (χ4v) is 13.4. The average Bonchev–Trinajstić information content (AvgIpc) is 1.86. The van der Waals surface area contributed by atoms with Gasteiger partial charge >= 0.3 is 0 Å². The smallest absolute Gasteiger partial charge is 0.104 e. The molecule has 84 heavy (non-hydrogen) atoms. The third-order valence-electron chi connectivity index (χ3n) is 18.3. The van der Waals surface area contributed by atoms with E-state index in [9.17, 15) is 5.26 Å². The molecule has 0 aliphatic carbocycles. The summed E-state index contributed by atoms with van der Waals surface area (Å²) in [6, 6.07) is 65.6. The van der Waals surface area contributed by atoms with Crippen LogP contribution in [0.15, 0.2) is 164 Å². The molecule has 9 aromatic carbocycles. The lowest BCUT2D eigenvalue weighted by molar-refractivity contribution is 0.590. The molecule has 0 atom stereocenters. The molecular formula is C79H81N5. The third kappa shape index (κ3) is 8.44. The molecule has 422 valence electrons. The highest BCUT2D eigenvalue weighted by Crippen LogP contribution is 2.52. The summed E-state index contributed by atoms with van der Waals surface area (Å²) in [5.41, 5.74) is 19.7. The molecule has 0 radical (unpaired) electrons. The van der Waals surface area contributed by atoms with Gasteiger partial charge in [0.15, 0.2) is 0 Å². The van der Waals surface area contributed by atoms with Crippen molar-refractivity contribution in [3.63, 3.8) is 0 Å². The van der Waals surface area contributed by atoms with Crippen molar-refractivity contribution in [1.82, 2.24) is 18.3 Å². The van der Waals surface area contributed by atoms with E-state index in [-0.39, 0.29) is 32.5 Å². The molecule has 0 saturated carbocycles. The van der Waals surface area contributed by atoms with Crippen LogP contribution >= 0.6 is 0 Å². The Labute approximate surface area is 496 Å². The Kier molecular flexibility index (Phi) is 12.0. The molecule has 0 N–H and O–H groups in total. The maximum atomic E-state index is 13.1. The lowest BCUT2D eigenvalue weighted by Gasteiger charge is -2.25. The zero-order valence-corrected chi connectivity index (χ0v) is 52.8. The van der Waals surface area contributed by atoms with E-state index in [1.165, 1.54) is 54.9 Å². The molecular weight excluding hydrogens is 1020 g/mol. The topological polar surface area (TPSA) is 43.5 Å². The second-order valence-electron chi connectivity index (χ2n) is 30.3. The Morgan fingerprint density at radius 2 is 0.548 bits per heavy atom. The van der Waals surface area contributed by atoms with Crippen LogP contribution < -0.4 is 0 Å². The highest BCUT2D eigenvalue weighted by molar-refractivity contribution is 6.23. The summed E-state index contributed by atoms with van der Waals surface area (Å²) in [7, 11) is 0. The number of para-hydroxylation sites is 2. The third-order valence-corrected chi connectivity index (χ3v) is 18.3. The molecule has 4 aromatic heterocycles. The molecule has 0 aliphatic heterocycles. The van der Waals surface area contributed by atoms with Gasteiger partial charge in [-0.3, -0.25) is 0 Å². The van der Waals surface area contributed by atoms with Crippen molar-refractivity contribution in [3.8, 4) is 28.8 Å². The van der Waals surface area contributed by atoms with E-state index in [1.54, 1.807) is 0 Å². The molecule has 0 fully saturated rings. The van der Waals surface area contributed by atoms with Gasteiger partial charge in [-0.1, -0.05) is 197 Å². The van der Waals surface area contributed by atoms with Gasteiger partial charge in [0.05, 0.1) is 61.2 Å². The van der Waals surface area contributed by atoms with Gasteiger partial charge in [0.2, 0.25) is 0 Å². The number of nitriles is 1. The Bertz CT molecular complexity index is 4720. The van der Waals surface area contributed by atoms with E-state index in [1.807, 2.05) is 0 Å². The van der Waals surface area contributed by atoms with Crippen molar-refractivity contribution in [2.24, 2.45) is 0 Å². The van der Waals surface area contributed by atoms with Crippen molar-refractivity contribution in [3.05, 3.63) is 203 Å². The maximum absolute atomic E-state index is 13.1. The monoisotopic (exact) mass is 1100 g/mol. The zero-order chi connectivity index (χ0) is 59.7. The first-order chi connectivity index (χ1) is 39.4. The highest BCUT2D eigenvalue weighted by Gasteiger charge is 2.35. The highest BCUT2D eigenvalue weighted by atomic mass is 15.1. The Morgan fingerprint density at radius 1 is 0.274 bits per heavy atom. The van der Waals surface area contributed by atoms with Crippen molar-refractivity contribution in [2.75, 3.05) is 0 Å². The molecule has 5 nitrogen and oxygen atoms in total. The Morgan fingerprint density at radius 3 is 0.857 bits per heavy atom. The number of nitrogens with zero attached hydrogens (tertiary/aromatic N) is 5. The number of rotatable bonds is 4. The number of benzene rings is 9. The van der Waals surface area contributed by atoms with Crippen LogP contribution in [0.1, 0.15) is 164 Å². The molecule has 4 heterocycles.